The second-order valence-corrected chi connectivity index (χ2v) is 7.21. The van der Waals surface area contributed by atoms with Crippen LogP contribution in [-0.2, 0) is 9.53 Å². The summed E-state index contributed by atoms with van der Waals surface area (Å²) in [5.41, 5.74) is 1.59. The number of carbonyl (C=O) groups excluding carboxylic acids is 2. The van der Waals surface area contributed by atoms with Crippen molar-refractivity contribution in [2.24, 2.45) is 0 Å². The molecule has 0 fully saturated rings. The number of anilines is 2. The number of para-hydroxylation sites is 2. The number of nitrogens with zero attached hydrogens (tertiary/aromatic N) is 2. The molecule has 3 aromatic rings. The van der Waals surface area contributed by atoms with E-state index < -0.39 is 12.6 Å². The maximum atomic E-state index is 13.1. The number of hydrogen-bond acceptors (Lipinski definition) is 6. The van der Waals surface area contributed by atoms with Crippen molar-refractivity contribution in [2.45, 2.75) is 16.7 Å². The normalized spacial score (nSPS) is 12.0. The topological polar surface area (TPSA) is 68.7 Å². The lowest BCUT2D eigenvalue weighted by atomic mass is 10.2. The Hall–Kier alpha value is -3.32. The van der Waals surface area contributed by atoms with Crippen LogP contribution in [0.4, 0.5) is 11.4 Å². The van der Waals surface area contributed by atoms with Crippen LogP contribution < -0.4 is 9.64 Å². The Labute approximate surface area is 172 Å². The maximum absolute atomic E-state index is 13.1. The zero-order valence-corrected chi connectivity index (χ0v) is 16.5. The fraction of sp³-hybridized carbons (Fsp3) is 0.136. The highest BCUT2D eigenvalue weighted by molar-refractivity contribution is 7.99. The summed E-state index contributed by atoms with van der Waals surface area (Å²) in [6.45, 7) is 1.80. The first-order valence-corrected chi connectivity index (χ1v) is 9.94. The molecule has 0 spiro atoms. The second-order valence-electron chi connectivity index (χ2n) is 6.13. The van der Waals surface area contributed by atoms with Crippen molar-refractivity contribution < 1.29 is 19.1 Å². The van der Waals surface area contributed by atoms with Gasteiger partial charge < -0.3 is 9.47 Å². The van der Waals surface area contributed by atoms with E-state index in [1.165, 1.54) is 6.20 Å². The van der Waals surface area contributed by atoms with Gasteiger partial charge in [0.05, 0.1) is 18.0 Å². The molecule has 0 N–H and O–H groups in total. The quantitative estimate of drug-likeness (QED) is 0.583. The highest BCUT2D eigenvalue weighted by Crippen LogP contribution is 2.47. The highest BCUT2D eigenvalue weighted by atomic mass is 32.2. The predicted molar refractivity (Wildman–Crippen MR) is 110 cm³/mol. The molecule has 1 aliphatic heterocycles. The number of esters is 1. The molecule has 1 aromatic heterocycles. The number of rotatable bonds is 5. The van der Waals surface area contributed by atoms with Crippen molar-refractivity contribution >= 4 is 35.0 Å². The van der Waals surface area contributed by atoms with Crippen molar-refractivity contribution in [2.75, 3.05) is 18.1 Å². The third kappa shape index (κ3) is 3.82. The highest BCUT2D eigenvalue weighted by Gasteiger charge is 2.29. The third-order valence-electron chi connectivity index (χ3n) is 4.27. The van der Waals surface area contributed by atoms with Crippen molar-refractivity contribution in [1.82, 2.24) is 4.98 Å². The van der Waals surface area contributed by atoms with Gasteiger partial charge in [-0.15, -0.1) is 0 Å². The Morgan fingerprint density at radius 2 is 1.62 bits per heavy atom. The summed E-state index contributed by atoms with van der Waals surface area (Å²) < 4.78 is 10.7. The lowest BCUT2D eigenvalue weighted by Crippen LogP contribution is -2.32. The fourth-order valence-corrected chi connectivity index (χ4v) is 4.11. The fourth-order valence-electron chi connectivity index (χ4n) is 3.05. The van der Waals surface area contributed by atoms with Crippen LogP contribution in [0.25, 0.3) is 0 Å². The number of benzene rings is 2. The summed E-state index contributed by atoms with van der Waals surface area (Å²) in [6, 6.07) is 18.6. The van der Waals surface area contributed by atoms with Gasteiger partial charge in [0.2, 0.25) is 0 Å². The summed E-state index contributed by atoms with van der Waals surface area (Å²) in [5.74, 6) is -0.708. The molecule has 1 amide bonds. The van der Waals surface area contributed by atoms with Gasteiger partial charge >= 0.3 is 5.97 Å². The molecule has 0 radical (unpaired) electrons. The Morgan fingerprint density at radius 3 is 2.28 bits per heavy atom. The Balaban J connectivity index is 1.56. The van der Waals surface area contributed by atoms with Gasteiger partial charge in [0, 0.05) is 16.0 Å². The van der Waals surface area contributed by atoms with Crippen molar-refractivity contribution in [1.29, 1.82) is 0 Å². The molecular formula is C22H18N2O4S. The first-order valence-electron chi connectivity index (χ1n) is 9.13. The number of ether oxygens (including phenoxy) is 2. The molecule has 0 bridgehead atoms. The summed E-state index contributed by atoms with van der Waals surface area (Å²) in [5, 5.41) is 0. The number of carbonyl (C=O) groups is 2. The molecule has 6 nitrogen and oxygen atoms in total. The van der Waals surface area contributed by atoms with E-state index in [2.05, 4.69) is 4.98 Å². The molecule has 1 aliphatic rings. The van der Waals surface area contributed by atoms with Gasteiger partial charge in [-0.25, -0.2) is 9.78 Å². The lowest BCUT2D eigenvalue weighted by molar-refractivity contribution is -0.121. The molecule has 0 saturated carbocycles. The average Bonchev–Trinajstić information content (AvgIpc) is 2.76. The van der Waals surface area contributed by atoms with E-state index in [9.17, 15) is 9.59 Å². The van der Waals surface area contributed by atoms with Gasteiger partial charge in [-0.1, -0.05) is 36.0 Å². The van der Waals surface area contributed by atoms with Crippen molar-refractivity contribution in [3.63, 3.8) is 0 Å². The standard InChI is InChI=1S/C22H18N2O4S/c1-2-27-17-10-7-13-23-21(17)22(26)28-14-20(25)24-15-8-3-5-11-18(15)29-19-12-6-4-9-16(19)24/h3-13H,2,14H2,1H3. The molecule has 29 heavy (non-hydrogen) atoms. The van der Waals surface area contributed by atoms with Crippen LogP contribution in [-0.4, -0.2) is 30.1 Å². The van der Waals surface area contributed by atoms with E-state index in [0.29, 0.717) is 12.4 Å². The van der Waals surface area contributed by atoms with Crippen LogP contribution in [0.2, 0.25) is 0 Å². The number of amides is 1. The SMILES string of the molecule is CCOc1cccnc1C(=O)OCC(=O)N1c2ccccc2Sc2ccccc21. The van der Waals surface area contributed by atoms with Gasteiger partial charge in [-0.3, -0.25) is 9.69 Å². The molecule has 7 heteroatoms. The van der Waals surface area contributed by atoms with E-state index in [0.717, 1.165) is 21.2 Å². The number of pyridine rings is 1. The molecule has 0 saturated heterocycles. The van der Waals surface area contributed by atoms with E-state index in [1.807, 2.05) is 55.5 Å². The Bertz CT molecular complexity index is 1020. The van der Waals surface area contributed by atoms with E-state index in [4.69, 9.17) is 9.47 Å². The molecule has 0 aliphatic carbocycles. The minimum atomic E-state index is -0.699. The van der Waals surface area contributed by atoms with Gasteiger partial charge in [-0.2, -0.15) is 0 Å². The monoisotopic (exact) mass is 406 g/mol. The molecule has 4 rings (SSSR count). The summed E-state index contributed by atoms with van der Waals surface area (Å²) in [4.78, 5) is 33.1. The Kier molecular flexibility index (Phi) is 5.48. The van der Waals surface area contributed by atoms with Crippen LogP contribution in [0.5, 0.6) is 5.75 Å². The first kappa shape index (κ1) is 19.0. The third-order valence-corrected chi connectivity index (χ3v) is 5.40. The largest absolute Gasteiger partial charge is 0.491 e. The maximum Gasteiger partial charge on any atom is 0.361 e. The minimum absolute atomic E-state index is 0.0529. The van der Waals surface area contributed by atoms with Gasteiger partial charge in [0.1, 0.15) is 0 Å². The van der Waals surface area contributed by atoms with Crippen LogP contribution in [0.3, 0.4) is 0 Å². The van der Waals surface area contributed by atoms with Crippen LogP contribution in [0.15, 0.2) is 76.7 Å². The molecule has 146 valence electrons. The molecule has 0 atom stereocenters. The minimum Gasteiger partial charge on any atom is -0.491 e. The lowest BCUT2D eigenvalue weighted by Gasteiger charge is -2.30. The van der Waals surface area contributed by atoms with Gasteiger partial charge in [0.25, 0.3) is 5.91 Å². The first-order chi connectivity index (χ1) is 14.2. The predicted octanol–water partition coefficient (Wildman–Crippen LogP) is 4.47. The van der Waals surface area contributed by atoms with Crippen LogP contribution in [0.1, 0.15) is 17.4 Å². The average molecular weight is 406 g/mol. The number of aromatic nitrogens is 1. The molecule has 0 unspecified atom stereocenters. The second kappa shape index (κ2) is 8.36. The summed E-state index contributed by atoms with van der Waals surface area (Å²) in [6.07, 6.45) is 1.48. The zero-order chi connectivity index (χ0) is 20.2. The van der Waals surface area contributed by atoms with Crippen molar-refractivity contribution in [3.05, 3.63) is 72.6 Å². The van der Waals surface area contributed by atoms with E-state index in [-0.39, 0.29) is 11.6 Å². The molecular weight excluding hydrogens is 388 g/mol. The summed E-state index contributed by atoms with van der Waals surface area (Å²) >= 11 is 1.60. The number of hydrogen-bond donors (Lipinski definition) is 0. The number of fused-ring (bicyclic) bond motifs is 2. The van der Waals surface area contributed by atoms with Crippen LogP contribution >= 0.6 is 11.8 Å². The summed E-state index contributed by atoms with van der Waals surface area (Å²) in [7, 11) is 0. The van der Waals surface area contributed by atoms with Crippen molar-refractivity contribution in [3.8, 4) is 5.75 Å². The van der Waals surface area contributed by atoms with Gasteiger partial charge in [0.15, 0.2) is 18.1 Å². The molecule has 2 heterocycles. The van der Waals surface area contributed by atoms with Crippen LogP contribution in [0, 0.1) is 0 Å². The zero-order valence-electron chi connectivity index (χ0n) is 15.7. The van der Waals surface area contributed by atoms with Gasteiger partial charge in [-0.05, 0) is 43.3 Å². The Morgan fingerprint density at radius 1 is 0.966 bits per heavy atom. The molecule has 2 aromatic carbocycles. The smallest absolute Gasteiger partial charge is 0.361 e. The van der Waals surface area contributed by atoms with E-state index >= 15 is 0 Å². The van der Waals surface area contributed by atoms with E-state index in [1.54, 1.807) is 28.8 Å².